The Morgan fingerprint density at radius 2 is 0.825 bits per heavy atom. The van der Waals surface area contributed by atoms with E-state index in [1.807, 2.05) is 0 Å². The van der Waals surface area contributed by atoms with Gasteiger partial charge in [0.05, 0.1) is 11.2 Å². The zero-order chi connectivity index (χ0) is 26.5. The van der Waals surface area contributed by atoms with Crippen molar-refractivity contribution in [2.75, 3.05) is 0 Å². The van der Waals surface area contributed by atoms with Crippen LogP contribution in [-0.4, -0.2) is 4.98 Å². The molecule has 1 aromatic heterocycles. The fourth-order valence-corrected chi connectivity index (χ4v) is 6.12. The van der Waals surface area contributed by atoms with E-state index in [1.54, 1.807) is 0 Å². The Morgan fingerprint density at radius 1 is 0.325 bits per heavy atom. The van der Waals surface area contributed by atoms with Crippen LogP contribution in [0.5, 0.6) is 0 Å². The number of aromatic nitrogens is 1. The second-order valence-corrected chi connectivity index (χ2v) is 10.4. The number of hydrogen-bond acceptors (Lipinski definition) is 1. The predicted octanol–water partition coefficient (Wildman–Crippen LogP) is 10.7. The summed E-state index contributed by atoms with van der Waals surface area (Å²) in [7, 11) is 0. The Morgan fingerprint density at radius 3 is 1.50 bits per heavy atom. The predicted molar refractivity (Wildman–Crippen MR) is 171 cm³/mol. The molecule has 40 heavy (non-hydrogen) atoms. The van der Waals surface area contributed by atoms with Crippen molar-refractivity contribution < 1.29 is 0 Å². The average molecular weight is 508 g/mol. The van der Waals surface area contributed by atoms with Crippen LogP contribution in [0.1, 0.15) is 0 Å². The molecule has 0 atom stereocenters. The van der Waals surface area contributed by atoms with Crippen LogP contribution in [0.2, 0.25) is 0 Å². The van der Waals surface area contributed by atoms with Crippen LogP contribution in [0.25, 0.3) is 76.7 Å². The molecule has 0 spiro atoms. The third-order valence-corrected chi connectivity index (χ3v) is 8.06. The minimum Gasteiger partial charge on any atom is -0.248 e. The van der Waals surface area contributed by atoms with Crippen molar-refractivity contribution in [1.29, 1.82) is 0 Å². The van der Waals surface area contributed by atoms with Gasteiger partial charge in [-0.2, -0.15) is 0 Å². The lowest BCUT2D eigenvalue weighted by Crippen LogP contribution is -1.91. The number of fused-ring (bicyclic) bond motifs is 4. The maximum atomic E-state index is 5.14. The molecular formula is C39H25N. The molecule has 8 rings (SSSR count). The molecule has 7 aromatic carbocycles. The molecule has 1 heteroatoms. The Labute approximate surface area is 233 Å². The zero-order valence-corrected chi connectivity index (χ0v) is 21.9. The van der Waals surface area contributed by atoms with Gasteiger partial charge in [-0.15, -0.1) is 0 Å². The van der Waals surface area contributed by atoms with Crippen LogP contribution in [0.4, 0.5) is 0 Å². The molecule has 0 amide bonds. The first-order chi connectivity index (χ1) is 19.8. The van der Waals surface area contributed by atoms with Crippen LogP contribution in [0, 0.1) is 0 Å². The Bertz CT molecular complexity index is 2210. The number of benzene rings is 7. The second-order valence-electron chi connectivity index (χ2n) is 10.4. The minimum absolute atomic E-state index is 0.995. The smallest absolute Gasteiger partial charge is 0.0715 e. The molecule has 0 radical (unpaired) electrons. The van der Waals surface area contributed by atoms with Crippen LogP contribution >= 0.6 is 0 Å². The Kier molecular flexibility index (Phi) is 5.21. The summed E-state index contributed by atoms with van der Waals surface area (Å²) in [6.07, 6.45) is 0. The summed E-state index contributed by atoms with van der Waals surface area (Å²) in [4.78, 5) is 5.14. The topological polar surface area (TPSA) is 12.9 Å². The maximum absolute atomic E-state index is 5.14. The molecule has 0 unspecified atom stereocenters. The maximum Gasteiger partial charge on any atom is 0.0715 e. The van der Waals surface area contributed by atoms with Crippen LogP contribution < -0.4 is 0 Å². The lowest BCUT2D eigenvalue weighted by Gasteiger charge is -2.16. The molecule has 0 N–H and O–H groups in total. The summed E-state index contributed by atoms with van der Waals surface area (Å²) in [5, 5.41) is 8.59. The molecule has 0 bridgehead atoms. The van der Waals surface area contributed by atoms with E-state index in [-0.39, 0.29) is 0 Å². The Hall–Kier alpha value is -5.27. The van der Waals surface area contributed by atoms with Crippen LogP contribution in [0.15, 0.2) is 152 Å². The molecule has 8 aromatic rings. The van der Waals surface area contributed by atoms with E-state index in [2.05, 4.69) is 152 Å². The number of rotatable bonds is 3. The first-order valence-corrected chi connectivity index (χ1v) is 13.7. The molecule has 1 heterocycles. The van der Waals surface area contributed by atoms with Crippen LogP contribution in [-0.2, 0) is 0 Å². The van der Waals surface area contributed by atoms with Gasteiger partial charge in [-0.05, 0) is 72.8 Å². The minimum atomic E-state index is 0.995. The monoisotopic (exact) mass is 507 g/mol. The van der Waals surface area contributed by atoms with Gasteiger partial charge < -0.3 is 0 Å². The summed E-state index contributed by atoms with van der Waals surface area (Å²) in [6.45, 7) is 0. The van der Waals surface area contributed by atoms with Gasteiger partial charge in [0.2, 0.25) is 0 Å². The van der Waals surface area contributed by atoms with Gasteiger partial charge in [0.15, 0.2) is 0 Å². The lowest BCUT2D eigenvalue weighted by molar-refractivity contribution is 1.41. The molecule has 0 aliphatic rings. The van der Waals surface area contributed by atoms with E-state index in [1.165, 1.54) is 54.6 Å². The van der Waals surface area contributed by atoms with Crippen molar-refractivity contribution in [2.45, 2.75) is 0 Å². The molecule has 0 aliphatic heterocycles. The highest BCUT2D eigenvalue weighted by atomic mass is 14.7. The van der Waals surface area contributed by atoms with Crippen molar-refractivity contribution in [1.82, 2.24) is 4.98 Å². The fraction of sp³-hybridized carbons (Fsp3) is 0. The van der Waals surface area contributed by atoms with Crippen molar-refractivity contribution in [3.8, 4) is 33.5 Å². The summed E-state index contributed by atoms with van der Waals surface area (Å²) in [5.74, 6) is 0. The summed E-state index contributed by atoms with van der Waals surface area (Å²) >= 11 is 0. The fourth-order valence-electron chi connectivity index (χ4n) is 6.12. The third kappa shape index (κ3) is 3.67. The SMILES string of the molecule is c1ccc(-c2ccc(-c3ccc(-c4ccc5cc6ccccc6cc5n4)c4ccccc34)c3ccccc23)cc1. The van der Waals surface area contributed by atoms with Crippen molar-refractivity contribution in [3.63, 3.8) is 0 Å². The van der Waals surface area contributed by atoms with Gasteiger partial charge in [-0.1, -0.05) is 133 Å². The van der Waals surface area contributed by atoms with E-state index in [0.29, 0.717) is 0 Å². The van der Waals surface area contributed by atoms with Crippen molar-refractivity contribution in [2.24, 2.45) is 0 Å². The van der Waals surface area contributed by atoms with E-state index in [9.17, 15) is 0 Å². The normalized spacial score (nSPS) is 11.5. The molecular weight excluding hydrogens is 482 g/mol. The molecule has 0 fully saturated rings. The molecule has 1 nitrogen and oxygen atoms in total. The van der Waals surface area contributed by atoms with Crippen molar-refractivity contribution in [3.05, 3.63) is 152 Å². The highest BCUT2D eigenvalue weighted by Gasteiger charge is 2.14. The molecule has 0 saturated carbocycles. The van der Waals surface area contributed by atoms with E-state index >= 15 is 0 Å². The highest BCUT2D eigenvalue weighted by Crippen LogP contribution is 2.40. The number of hydrogen-bond donors (Lipinski definition) is 0. The van der Waals surface area contributed by atoms with Gasteiger partial charge in [0.1, 0.15) is 0 Å². The zero-order valence-electron chi connectivity index (χ0n) is 21.9. The largest absolute Gasteiger partial charge is 0.248 e. The standard InChI is InChI=1S/C39H25N/c1-2-10-26(11-3-1)30-19-20-35(32-15-7-6-14-31(30)32)36-21-22-37(34-17-9-8-16-33(34)36)38-23-18-29-24-27-12-4-5-13-28(27)25-39(29)40-38/h1-25H. The third-order valence-electron chi connectivity index (χ3n) is 8.06. The first kappa shape index (κ1) is 22.7. The van der Waals surface area contributed by atoms with Gasteiger partial charge in [-0.25, -0.2) is 4.98 Å². The summed E-state index contributed by atoms with van der Waals surface area (Å²) < 4.78 is 0. The molecule has 0 aliphatic carbocycles. The lowest BCUT2D eigenvalue weighted by atomic mass is 9.88. The van der Waals surface area contributed by atoms with Crippen LogP contribution in [0.3, 0.4) is 0 Å². The summed E-state index contributed by atoms with van der Waals surface area (Å²) in [6, 6.07) is 54.5. The quantitative estimate of drug-likeness (QED) is 0.217. The first-order valence-electron chi connectivity index (χ1n) is 13.7. The molecule has 186 valence electrons. The van der Waals surface area contributed by atoms with E-state index in [0.717, 1.165) is 22.2 Å². The van der Waals surface area contributed by atoms with E-state index < -0.39 is 0 Å². The number of pyridine rings is 1. The number of nitrogens with zero attached hydrogens (tertiary/aromatic N) is 1. The molecule has 0 saturated heterocycles. The van der Waals surface area contributed by atoms with Crippen molar-refractivity contribution >= 4 is 43.2 Å². The van der Waals surface area contributed by atoms with Gasteiger partial charge in [0.25, 0.3) is 0 Å². The highest BCUT2D eigenvalue weighted by molar-refractivity contribution is 6.12. The second kappa shape index (κ2) is 9.18. The van der Waals surface area contributed by atoms with Gasteiger partial charge >= 0.3 is 0 Å². The Balaban J connectivity index is 1.32. The average Bonchev–Trinajstić information content (AvgIpc) is 3.03. The van der Waals surface area contributed by atoms with Gasteiger partial charge in [-0.3, -0.25) is 0 Å². The summed E-state index contributed by atoms with van der Waals surface area (Å²) in [5.41, 5.74) is 8.15. The van der Waals surface area contributed by atoms with Gasteiger partial charge in [0, 0.05) is 10.9 Å². The van der Waals surface area contributed by atoms with E-state index in [4.69, 9.17) is 4.98 Å².